The van der Waals surface area contributed by atoms with E-state index >= 15 is 0 Å². The molecule has 25 heavy (non-hydrogen) atoms. The zero-order valence-electron chi connectivity index (χ0n) is 14.4. The Morgan fingerprint density at radius 3 is 2.36 bits per heavy atom. The van der Waals surface area contributed by atoms with Gasteiger partial charge in [-0.2, -0.15) is 0 Å². The first-order valence-corrected chi connectivity index (χ1v) is 8.76. The van der Waals surface area contributed by atoms with Crippen LogP contribution in [-0.4, -0.2) is 52.4 Å². The van der Waals surface area contributed by atoms with Gasteiger partial charge in [0.15, 0.2) is 11.5 Å². The lowest BCUT2D eigenvalue weighted by atomic mass is 10.2. The quantitative estimate of drug-likeness (QED) is 0.795. The van der Waals surface area contributed by atoms with Gasteiger partial charge in [0, 0.05) is 25.9 Å². The third-order valence-corrected chi connectivity index (χ3v) is 5.34. The number of nitrogens with zero attached hydrogens (tertiary/aromatic N) is 2. The molecule has 0 heterocycles. The Morgan fingerprint density at radius 2 is 1.76 bits per heavy atom. The zero-order valence-corrected chi connectivity index (χ0v) is 15.2. The van der Waals surface area contributed by atoms with E-state index in [1.165, 1.54) is 46.7 Å². The van der Waals surface area contributed by atoms with E-state index in [0.717, 1.165) is 4.31 Å². The maximum absolute atomic E-state index is 12.4. The summed E-state index contributed by atoms with van der Waals surface area (Å²) < 4.78 is 36.1. The molecule has 0 fully saturated rings. The lowest BCUT2D eigenvalue weighted by Gasteiger charge is -2.14. The van der Waals surface area contributed by atoms with Gasteiger partial charge in [0.25, 0.3) is 0 Å². The number of aliphatic imine (C=N–C) groups is 1. The molecule has 0 aliphatic rings. The van der Waals surface area contributed by atoms with E-state index in [4.69, 9.17) is 9.47 Å². The Hall–Kier alpha value is -2.58. The van der Waals surface area contributed by atoms with Gasteiger partial charge >= 0.3 is 0 Å². The third-order valence-electron chi connectivity index (χ3n) is 3.51. The highest BCUT2D eigenvalue weighted by Crippen LogP contribution is 2.31. The lowest BCUT2D eigenvalue weighted by molar-refractivity contribution is 0.373. The summed E-state index contributed by atoms with van der Waals surface area (Å²) >= 11 is 0. The SMILES string of the molecule is COc1ccc(N=Cc2cccc(OC)c2O)cc1S(=O)(=O)N(C)C. The maximum Gasteiger partial charge on any atom is 0.246 e. The smallest absolute Gasteiger partial charge is 0.246 e. The van der Waals surface area contributed by atoms with Crippen LogP contribution in [0.4, 0.5) is 5.69 Å². The van der Waals surface area contributed by atoms with Gasteiger partial charge < -0.3 is 14.6 Å². The Bertz CT molecular complexity index is 892. The van der Waals surface area contributed by atoms with Crippen LogP contribution in [0.5, 0.6) is 17.2 Å². The number of phenols is 1. The number of ether oxygens (including phenoxy) is 2. The van der Waals surface area contributed by atoms with E-state index in [9.17, 15) is 13.5 Å². The number of benzene rings is 2. The summed E-state index contributed by atoms with van der Waals surface area (Å²) in [4.78, 5) is 4.26. The van der Waals surface area contributed by atoms with E-state index in [-0.39, 0.29) is 16.4 Å². The second-order valence-electron chi connectivity index (χ2n) is 5.28. The van der Waals surface area contributed by atoms with Gasteiger partial charge in [0.2, 0.25) is 10.0 Å². The molecule has 0 spiro atoms. The summed E-state index contributed by atoms with van der Waals surface area (Å²) in [6.07, 6.45) is 1.44. The highest BCUT2D eigenvalue weighted by Gasteiger charge is 2.22. The summed E-state index contributed by atoms with van der Waals surface area (Å²) in [5, 5.41) is 10.1. The predicted molar refractivity (Wildman–Crippen MR) is 95.8 cm³/mol. The minimum Gasteiger partial charge on any atom is -0.504 e. The fraction of sp³-hybridized carbons (Fsp3) is 0.235. The molecule has 2 aromatic carbocycles. The number of methoxy groups -OCH3 is 2. The molecule has 8 heteroatoms. The van der Waals surface area contributed by atoms with E-state index in [0.29, 0.717) is 17.0 Å². The van der Waals surface area contributed by atoms with Gasteiger partial charge in [-0.3, -0.25) is 4.99 Å². The molecule has 1 N–H and O–H groups in total. The molecule has 0 atom stereocenters. The lowest BCUT2D eigenvalue weighted by Crippen LogP contribution is -2.22. The van der Waals surface area contributed by atoms with Crippen molar-refractivity contribution in [3.8, 4) is 17.2 Å². The van der Waals surface area contributed by atoms with Crippen molar-refractivity contribution >= 4 is 21.9 Å². The molecule has 0 aliphatic heterocycles. The minimum atomic E-state index is -3.68. The molecule has 7 nitrogen and oxygen atoms in total. The molecule has 0 aliphatic carbocycles. The summed E-state index contributed by atoms with van der Waals surface area (Å²) in [7, 11) is 2.07. The van der Waals surface area contributed by atoms with Gasteiger partial charge in [-0.05, 0) is 30.3 Å². The largest absolute Gasteiger partial charge is 0.504 e. The van der Waals surface area contributed by atoms with Crippen molar-refractivity contribution in [3.63, 3.8) is 0 Å². The third kappa shape index (κ3) is 3.92. The fourth-order valence-electron chi connectivity index (χ4n) is 2.10. The number of sulfonamides is 1. The average molecular weight is 364 g/mol. The van der Waals surface area contributed by atoms with E-state index in [2.05, 4.69) is 4.99 Å². The fourth-order valence-corrected chi connectivity index (χ4v) is 3.16. The van der Waals surface area contributed by atoms with E-state index < -0.39 is 10.0 Å². The Morgan fingerprint density at radius 1 is 1.08 bits per heavy atom. The van der Waals surface area contributed by atoms with Gasteiger partial charge in [-0.15, -0.1) is 0 Å². The number of rotatable bonds is 6. The van der Waals surface area contributed by atoms with Gasteiger partial charge in [0.1, 0.15) is 10.6 Å². The molecular weight excluding hydrogens is 344 g/mol. The minimum absolute atomic E-state index is 0.0181. The van der Waals surface area contributed by atoms with Crippen molar-refractivity contribution in [1.82, 2.24) is 4.31 Å². The van der Waals surface area contributed by atoms with Crippen LogP contribution in [0.1, 0.15) is 5.56 Å². The van der Waals surface area contributed by atoms with Crippen molar-refractivity contribution < 1.29 is 23.0 Å². The highest BCUT2D eigenvalue weighted by molar-refractivity contribution is 7.89. The number of aromatic hydroxyl groups is 1. The van der Waals surface area contributed by atoms with Gasteiger partial charge in [-0.1, -0.05) is 6.07 Å². The first kappa shape index (κ1) is 18.8. The average Bonchev–Trinajstić information content (AvgIpc) is 2.60. The molecule has 0 bridgehead atoms. The molecule has 0 saturated heterocycles. The van der Waals surface area contributed by atoms with Gasteiger partial charge in [-0.25, -0.2) is 12.7 Å². The van der Waals surface area contributed by atoms with Crippen LogP contribution in [0.25, 0.3) is 0 Å². The first-order valence-electron chi connectivity index (χ1n) is 7.32. The first-order chi connectivity index (χ1) is 11.8. The Kier molecular flexibility index (Phi) is 5.66. The standard InChI is InChI=1S/C17H20N2O5S/c1-19(2)25(21,22)16-10-13(8-9-14(16)23-3)18-11-12-6-5-7-15(24-4)17(12)20/h5-11,20H,1-4H3. The van der Waals surface area contributed by atoms with Crippen LogP contribution in [0, 0.1) is 0 Å². The number of para-hydroxylation sites is 1. The normalized spacial score (nSPS) is 11.9. The van der Waals surface area contributed by atoms with Crippen LogP contribution in [0.2, 0.25) is 0 Å². The Labute approximate surface area is 147 Å². The number of hydrogen-bond donors (Lipinski definition) is 1. The highest BCUT2D eigenvalue weighted by atomic mass is 32.2. The molecule has 0 saturated carbocycles. The van der Waals surface area contributed by atoms with E-state index in [1.807, 2.05) is 0 Å². The van der Waals surface area contributed by atoms with Gasteiger partial charge in [0.05, 0.1) is 19.9 Å². The number of phenolic OH excluding ortho intramolecular Hbond substituents is 1. The summed E-state index contributed by atoms with van der Waals surface area (Å²) in [6, 6.07) is 9.59. The Balaban J connectivity index is 2.45. The van der Waals surface area contributed by atoms with Crippen LogP contribution in [-0.2, 0) is 10.0 Å². The van der Waals surface area contributed by atoms with Crippen molar-refractivity contribution in [3.05, 3.63) is 42.0 Å². The van der Waals surface area contributed by atoms with Crippen molar-refractivity contribution in [1.29, 1.82) is 0 Å². The molecule has 134 valence electrons. The molecule has 2 rings (SSSR count). The second-order valence-corrected chi connectivity index (χ2v) is 7.40. The van der Waals surface area contributed by atoms with Crippen molar-refractivity contribution in [2.24, 2.45) is 4.99 Å². The number of hydrogen-bond acceptors (Lipinski definition) is 6. The summed E-state index contributed by atoms with van der Waals surface area (Å²) in [5.74, 6) is 0.523. The molecule has 0 amide bonds. The molecular formula is C17H20N2O5S. The molecule has 0 unspecified atom stereocenters. The molecule has 0 aromatic heterocycles. The molecule has 2 aromatic rings. The summed E-state index contributed by atoms with van der Waals surface area (Å²) in [6.45, 7) is 0. The van der Waals surface area contributed by atoms with Crippen LogP contribution in [0.3, 0.4) is 0 Å². The van der Waals surface area contributed by atoms with Crippen molar-refractivity contribution in [2.75, 3.05) is 28.3 Å². The summed E-state index contributed by atoms with van der Waals surface area (Å²) in [5.41, 5.74) is 0.857. The van der Waals surface area contributed by atoms with Crippen LogP contribution >= 0.6 is 0 Å². The zero-order chi connectivity index (χ0) is 18.6. The maximum atomic E-state index is 12.4. The molecule has 0 radical (unpaired) electrons. The topological polar surface area (TPSA) is 88.4 Å². The van der Waals surface area contributed by atoms with Crippen molar-refractivity contribution in [2.45, 2.75) is 4.90 Å². The van der Waals surface area contributed by atoms with E-state index in [1.54, 1.807) is 24.3 Å². The predicted octanol–water partition coefficient (Wildman–Crippen LogP) is 2.41. The monoisotopic (exact) mass is 364 g/mol. The second kappa shape index (κ2) is 7.54. The van der Waals surface area contributed by atoms with Crippen LogP contribution in [0.15, 0.2) is 46.3 Å². The van der Waals surface area contributed by atoms with Crippen LogP contribution < -0.4 is 9.47 Å².